The molecule has 0 atom stereocenters. The summed E-state index contributed by atoms with van der Waals surface area (Å²) in [6.07, 6.45) is 1.63. The topological polar surface area (TPSA) is 77.8 Å². The van der Waals surface area contributed by atoms with Crippen LogP contribution in [0.3, 0.4) is 0 Å². The Morgan fingerprint density at radius 1 is 1.25 bits per heavy atom. The molecule has 0 aliphatic heterocycles. The van der Waals surface area contributed by atoms with Crippen molar-refractivity contribution in [2.45, 2.75) is 6.54 Å². The van der Waals surface area contributed by atoms with Crippen molar-refractivity contribution < 1.29 is 0 Å². The molecule has 0 saturated heterocycles. The molecular formula is C11H11ClN4. The minimum atomic E-state index is 0.328. The zero-order valence-electron chi connectivity index (χ0n) is 8.52. The smallest absolute Gasteiger partial charge is 0.163 e. The zero-order chi connectivity index (χ0) is 11.5. The van der Waals surface area contributed by atoms with E-state index < -0.39 is 0 Å². The van der Waals surface area contributed by atoms with Crippen LogP contribution in [0.4, 0.5) is 5.82 Å². The van der Waals surface area contributed by atoms with Crippen LogP contribution >= 0.6 is 11.6 Å². The van der Waals surface area contributed by atoms with Crippen molar-refractivity contribution in [2.75, 3.05) is 5.73 Å². The number of anilines is 1. The molecular weight excluding hydrogens is 224 g/mol. The van der Waals surface area contributed by atoms with E-state index in [1.807, 2.05) is 18.2 Å². The summed E-state index contributed by atoms with van der Waals surface area (Å²) in [6.45, 7) is 0.328. The Balaban J connectivity index is 2.50. The van der Waals surface area contributed by atoms with Crippen LogP contribution in [0.25, 0.3) is 11.4 Å². The lowest BCUT2D eigenvalue weighted by molar-refractivity contribution is 1.02. The highest BCUT2D eigenvalue weighted by Gasteiger charge is 2.07. The van der Waals surface area contributed by atoms with Crippen LogP contribution in [0.2, 0.25) is 5.02 Å². The van der Waals surface area contributed by atoms with Crippen molar-refractivity contribution in [3.63, 3.8) is 0 Å². The van der Waals surface area contributed by atoms with Crippen molar-refractivity contribution in [1.29, 1.82) is 0 Å². The van der Waals surface area contributed by atoms with Crippen molar-refractivity contribution in [1.82, 2.24) is 9.97 Å². The summed E-state index contributed by atoms with van der Waals surface area (Å²) in [5.74, 6) is 0.910. The quantitative estimate of drug-likeness (QED) is 0.831. The van der Waals surface area contributed by atoms with E-state index in [0.29, 0.717) is 23.2 Å². The maximum atomic E-state index is 6.04. The van der Waals surface area contributed by atoms with Crippen LogP contribution in [0.15, 0.2) is 30.5 Å². The third kappa shape index (κ3) is 1.98. The Hall–Kier alpha value is -1.65. The van der Waals surface area contributed by atoms with E-state index in [1.54, 1.807) is 12.3 Å². The maximum absolute atomic E-state index is 6.04. The van der Waals surface area contributed by atoms with Gasteiger partial charge in [-0.1, -0.05) is 23.7 Å². The summed E-state index contributed by atoms with van der Waals surface area (Å²) in [6, 6.07) is 7.35. The van der Waals surface area contributed by atoms with E-state index in [9.17, 15) is 0 Å². The average molecular weight is 235 g/mol. The molecule has 5 heteroatoms. The first-order valence-electron chi connectivity index (χ1n) is 4.78. The molecule has 0 unspecified atom stereocenters. The van der Waals surface area contributed by atoms with Crippen LogP contribution in [0, 0.1) is 0 Å². The van der Waals surface area contributed by atoms with Crippen LogP contribution in [0.5, 0.6) is 0 Å². The molecule has 1 heterocycles. The van der Waals surface area contributed by atoms with E-state index in [2.05, 4.69) is 9.97 Å². The minimum absolute atomic E-state index is 0.328. The normalized spacial score (nSPS) is 10.4. The van der Waals surface area contributed by atoms with Gasteiger partial charge in [0.1, 0.15) is 5.82 Å². The first-order chi connectivity index (χ1) is 7.72. The molecule has 4 N–H and O–H groups in total. The number of halogens is 1. The lowest BCUT2D eigenvalue weighted by Crippen LogP contribution is -2.05. The van der Waals surface area contributed by atoms with E-state index in [4.69, 9.17) is 23.1 Å². The lowest BCUT2D eigenvalue weighted by atomic mass is 10.2. The predicted molar refractivity (Wildman–Crippen MR) is 64.8 cm³/mol. The number of hydrogen-bond acceptors (Lipinski definition) is 4. The molecule has 0 fully saturated rings. The maximum Gasteiger partial charge on any atom is 0.163 e. The molecule has 0 spiro atoms. The molecule has 1 aromatic heterocycles. The second kappa shape index (κ2) is 4.47. The Kier molecular flexibility index (Phi) is 3.03. The van der Waals surface area contributed by atoms with E-state index in [0.717, 1.165) is 11.1 Å². The van der Waals surface area contributed by atoms with Gasteiger partial charge in [0, 0.05) is 23.9 Å². The SMILES string of the molecule is NCc1cnc(-c2ccccc2Cl)nc1N. The average Bonchev–Trinajstić information content (AvgIpc) is 2.29. The molecule has 2 aromatic rings. The Morgan fingerprint density at radius 2 is 2.00 bits per heavy atom. The monoisotopic (exact) mass is 234 g/mol. The van der Waals surface area contributed by atoms with Crippen LogP contribution in [-0.2, 0) is 6.54 Å². The third-order valence-corrected chi connectivity index (χ3v) is 2.56. The van der Waals surface area contributed by atoms with E-state index in [-0.39, 0.29) is 0 Å². The first kappa shape index (κ1) is 10.9. The first-order valence-corrected chi connectivity index (χ1v) is 5.16. The molecule has 16 heavy (non-hydrogen) atoms. The van der Waals surface area contributed by atoms with Crippen molar-refractivity contribution in [3.05, 3.63) is 41.0 Å². The van der Waals surface area contributed by atoms with Crippen LogP contribution < -0.4 is 11.5 Å². The van der Waals surface area contributed by atoms with Gasteiger partial charge in [0.05, 0.1) is 5.02 Å². The number of hydrogen-bond donors (Lipinski definition) is 2. The van der Waals surface area contributed by atoms with Gasteiger partial charge in [0.15, 0.2) is 5.82 Å². The third-order valence-electron chi connectivity index (χ3n) is 2.23. The number of benzene rings is 1. The van der Waals surface area contributed by atoms with Crippen molar-refractivity contribution in [2.24, 2.45) is 5.73 Å². The Labute approximate surface area is 98.3 Å². The van der Waals surface area contributed by atoms with Crippen LogP contribution in [0.1, 0.15) is 5.56 Å². The van der Waals surface area contributed by atoms with Crippen molar-refractivity contribution >= 4 is 17.4 Å². The molecule has 0 saturated carbocycles. The van der Waals surface area contributed by atoms with Gasteiger partial charge in [-0.2, -0.15) is 0 Å². The summed E-state index contributed by atoms with van der Waals surface area (Å²) in [5.41, 5.74) is 12.7. The highest BCUT2D eigenvalue weighted by atomic mass is 35.5. The molecule has 1 aromatic carbocycles. The number of rotatable bonds is 2. The van der Waals surface area contributed by atoms with E-state index in [1.165, 1.54) is 0 Å². The largest absolute Gasteiger partial charge is 0.383 e. The van der Waals surface area contributed by atoms with Gasteiger partial charge in [0.2, 0.25) is 0 Å². The molecule has 0 aliphatic carbocycles. The lowest BCUT2D eigenvalue weighted by Gasteiger charge is -2.05. The second-order valence-corrected chi connectivity index (χ2v) is 3.70. The summed E-state index contributed by atoms with van der Waals surface area (Å²) in [7, 11) is 0. The highest BCUT2D eigenvalue weighted by molar-refractivity contribution is 6.33. The van der Waals surface area contributed by atoms with Gasteiger partial charge in [0.25, 0.3) is 0 Å². The molecule has 0 radical (unpaired) electrons. The van der Waals surface area contributed by atoms with Gasteiger partial charge < -0.3 is 11.5 Å². The highest BCUT2D eigenvalue weighted by Crippen LogP contribution is 2.25. The number of aromatic nitrogens is 2. The summed E-state index contributed by atoms with van der Waals surface area (Å²) in [5, 5.41) is 0.599. The summed E-state index contributed by atoms with van der Waals surface area (Å²) in [4.78, 5) is 8.36. The fourth-order valence-electron chi connectivity index (χ4n) is 1.35. The van der Waals surface area contributed by atoms with Gasteiger partial charge >= 0.3 is 0 Å². The Morgan fingerprint density at radius 3 is 2.62 bits per heavy atom. The molecule has 0 bridgehead atoms. The molecule has 0 aliphatic rings. The molecule has 4 nitrogen and oxygen atoms in total. The fraction of sp³-hybridized carbons (Fsp3) is 0.0909. The second-order valence-electron chi connectivity index (χ2n) is 3.29. The van der Waals surface area contributed by atoms with Crippen molar-refractivity contribution in [3.8, 4) is 11.4 Å². The molecule has 0 amide bonds. The molecule has 2 rings (SSSR count). The van der Waals surface area contributed by atoms with Gasteiger partial charge in [-0.25, -0.2) is 9.97 Å². The zero-order valence-corrected chi connectivity index (χ0v) is 9.28. The molecule has 82 valence electrons. The number of nitrogens with two attached hydrogens (primary N) is 2. The van der Waals surface area contributed by atoms with Crippen LogP contribution in [-0.4, -0.2) is 9.97 Å². The predicted octanol–water partition coefficient (Wildman–Crippen LogP) is 1.84. The van der Waals surface area contributed by atoms with Gasteiger partial charge in [-0.15, -0.1) is 0 Å². The summed E-state index contributed by atoms with van der Waals surface area (Å²) < 4.78 is 0. The Bertz CT molecular complexity index is 513. The van der Waals surface area contributed by atoms with E-state index >= 15 is 0 Å². The number of nitrogen functional groups attached to an aromatic ring is 1. The minimum Gasteiger partial charge on any atom is -0.383 e. The standard InChI is InChI=1S/C11H11ClN4/c12-9-4-2-1-3-8(9)11-15-6-7(5-13)10(14)16-11/h1-4,6H,5,13H2,(H2,14,15,16). The fourth-order valence-corrected chi connectivity index (χ4v) is 1.57. The number of nitrogens with zero attached hydrogens (tertiary/aromatic N) is 2. The van der Waals surface area contributed by atoms with Gasteiger partial charge in [-0.3, -0.25) is 0 Å². The summed E-state index contributed by atoms with van der Waals surface area (Å²) >= 11 is 6.04. The van der Waals surface area contributed by atoms with Gasteiger partial charge in [-0.05, 0) is 12.1 Å².